The van der Waals surface area contributed by atoms with Gasteiger partial charge in [-0.05, 0) is 42.8 Å². The highest BCUT2D eigenvalue weighted by Crippen LogP contribution is 2.21. The van der Waals surface area contributed by atoms with Crippen molar-refractivity contribution in [1.82, 2.24) is 5.32 Å². The monoisotopic (exact) mass is 398 g/mol. The standard InChI is InChI=1S/C21H19FN2O5/c22-17-5-2-1-4-16(17)18(25)13-29-20(27)12-23-21(28)14-7-9-15(10-8-14)24-11-3-6-19(24)26/h1-2,4-5,7-10H,3,6,11-13H2,(H,23,28). The first-order chi connectivity index (χ1) is 14.0. The number of rotatable bonds is 7. The smallest absolute Gasteiger partial charge is 0.325 e. The van der Waals surface area contributed by atoms with Gasteiger partial charge in [-0.15, -0.1) is 0 Å². The molecule has 0 unspecified atom stereocenters. The van der Waals surface area contributed by atoms with Gasteiger partial charge in [0.05, 0.1) is 5.56 Å². The van der Waals surface area contributed by atoms with Gasteiger partial charge < -0.3 is 15.0 Å². The molecule has 1 aliphatic rings. The lowest BCUT2D eigenvalue weighted by Crippen LogP contribution is -2.31. The molecule has 0 radical (unpaired) electrons. The number of carbonyl (C=O) groups excluding carboxylic acids is 4. The van der Waals surface area contributed by atoms with E-state index in [0.717, 1.165) is 18.2 Å². The lowest BCUT2D eigenvalue weighted by Gasteiger charge is -2.15. The third kappa shape index (κ3) is 5.04. The number of nitrogens with one attached hydrogen (secondary N) is 1. The maximum Gasteiger partial charge on any atom is 0.325 e. The number of Topliss-reactive ketones (excluding diaryl/α,β-unsaturated/α-hetero) is 1. The molecule has 1 fully saturated rings. The zero-order chi connectivity index (χ0) is 20.8. The predicted molar refractivity (Wildman–Crippen MR) is 102 cm³/mol. The minimum atomic E-state index is -0.817. The summed E-state index contributed by atoms with van der Waals surface area (Å²) >= 11 is 0. The Morgan fingerprint density at radius 1 is 1.07 bits per heavy atom. The summed E-state index contributed by atoms with van der Waals surface area (Å²) in [5, 5.41) is 2.39. The number of carbonyl (C=O) groups is 4. The molecular weight excluding hydrogens is 379 g/mol. The summed E-state index contributed by atoms with van der Waals surface area (Å²) in [6, 6.07) is 11.8. The van der Waals surface area contributed by atoms with Crippen LogP contribution in [0.3, 0.4) is 0 Å². The van der Waals surface area contributed by atoms with Crippen LogP contribution in [0.4, 0.5) is 10.1 Å². The fourth-order valence-corrected chi connectivity index (χ4v) is 2.93. The van der Waals surface area contributed by atoms with E-state index >= 15 is 0 Å². The zero-order valence-electron chi connectivity index (χ0n) is 15.5. The summed E-state index contributed by atoms with van der Waals surface area (Å²) in [5.74, 6) is -2.63. The Morgan fingerprint density at radius 3 is 2.45 bits per heavy atom. The highest BCUT2D eigenvalue weighted by molar-refractivity contribution is 5.99. The molecular formula is C21H19FN2O5. The van der Waals surface area contributed by atoms with Crippen molar-refractivity contribution in [1.29, 1.82) is 0 Å². The Bertz CT molecular complexity index is 942. The van der Waals surface area contributed by atoms with Gasteiger partial charge in [-0.25, -0.2) is 4.39 Å². The van der Waals surface area contributed by atoms with Crippen molar-refractivity contribution in [2.24, 2.45) is 0 Å². The minimum absolute atomic E-state index is 0.0508. The van der Waals surface area contributed by atoms with Crippen molar-refractivity contribution < 1.29 is 28.3 Å². The van der Waals surface area contributed by atoms with E-state index in [-0.39, 0.29) is 11.5 Å². The molecule has 0 aromatic heterocycles. The van der Waals surface area contributed by atoms with Gasteiger partial charge in [0.15, 0.2) is 6.61 Å². The van der Waals surface area contributed by atoms with Crippen LogP contribution >= 0.6 is 0 Å². The molecule has 0 atom stereocenters. The third-order valence-corrected chi connectivity index (χ3v) is 4.45. The molecule has 150 valence electrons. The van der Waals surface area contributed by atoms with Crippen LogP contribution in [-0.2, 0) is 14.3 Å². The highest BCUT2D eigenvalue weighted by atomic mass is 19.1. The van der Waals surface area contributed by atoms with E-state index in [0.29, 0.717) is 18.5 Å². The van der Waals surface area contributed by atoms with Crippen LogP contribution in [0.15, 0.2) is 48.5 Å². The van der Waals surface area contributed by atoms with E-state index in [2.05, 4.69) is 5.32 Å². The van der Waals surface area contributed by atoms with Gasteiger partial charge in [0, 0.05) is 24.2 Å². The van der Waals surface area contributed by atoms with Gasteiger partial charge in [0.2, 0.25) is 11.7 Å². The Labute approximate surface area is 166 Å². The Kier molecular flexibility index (Phi) is 6.33. The number of ether oxygens (including phenoxy) is 1. The summed E-state index contributed by atoms with van der Waals surface area (Å²) < 4.78 is 18.3. The first kappa shape index (κ1) is 20.2. The topological polar surface area (TPSA) is 92.8 Å². The molecule has 1 saturated heterocycles. The number of ketones is 1. The maximum atomic E-state index is 13.5. The molecule has 2 aromatic carbocycles. The number of amides is 2. The van der Waals surface area contributed by atoms with Gasteiger partial charge >= 0.3 is 5.97 Å². The fraction of sp³-hybridized carbons (Fsp3) is 0.238. The molecule has 2 aromatic rings. The molecule has 0 spiro atoms. The van der Waals surface area contributed by atoms with Crippen LogP contribution in [-0.4, -0.2) is 43.3 Å². The number of nitrogens with zero attached hydrogens (tertiary/aromatic N) is 1. The minimum Gasteiger partial charge on any atom is -0.456 e. The van der Waals surface area contributed by atoms with Crippen LogP contribution < -0.4 is 10.2 Å². The molecule has 8 heteroatoms. The highest BCUT2D eigenvalue weighted by Gasteiger charge is 2.21. The summed E-state index contributed by atoms with van der Waals surface area (Å²) in [6.07, 6.45) is 1.33. The van der Waals surface area contributed by atoms with Crippen molar-refractivity contribution in [2.75, 3.05) is 24.6 Å². The second-order valence-corrected chi connectivity index (χ2v) is 6.44. The normalized spacial score (nSPS) is 13.3. The van der Waals surface area contributed by atoms with Crippen LogP contribution in [0.2, 0.25) is 0 Å². The lowest BCUT2D eigenvalue weighted by molar-refractivity contribution is -0.141. The molecule has 0 saturated carbocycles. The van der Waals surface area contributed by atoms with Crippen LogP contribution in [0, 0.1) is 5.82 Å². The predicted octanol–water partition coefficient (Wildman–Crippen LogP) is 2.11. The summed E-state index contributed by atoms with van der Waals surface area (Å²) in [6.45, 7) is -0.397. The molecule has 29 heavy (non-hydrogen) atoms. The van der Waals surface area contributed by atoms with Gasteiger partial charge in [-0.1, -0.05) is 12.1 Å². The number of hydrogen-bond acceptors (Lipinski definition) is 5. The fourth-order valence-electron chi connectivity index (χ4n) is 2.93. The molecule has 0 bridgehead atoms. The maximum absolute atomic E-state index is 13.5. The van der Waals surface area contributed by atoms with Crippen molar-refractivity contribution >= 4 is 29.3 Å². The summed E-state index contributed by atoms with van der Waals surface area (Å²) in [5.41, 5.74) is 0.867. The van der Waals surface area contributed by atoms with E-state index in [1.54, 1.807) is 29.2 Å². The largest absolute Gasteiger partial charge is 0.456 e. The van der Waals surface area contributed by atoms with Crippen molar-refractivity contribution in [3.05, 3.63) is 65.5 Å². The molecule has 0 aliphatic carbocycles. The summed E-state index contributed by atoms with van der Waals surface area (Å²) in [4.78, 5) is 49.1. The van der Waals surface area contributed by atoms with Crippen LogP contribution in [0.25, 0.3) is 0 Å². The lowest BCUT2D eigenvalue weighted by atomic mass is 10.1. The number of hydrogen-bond donors (Lipinski definition) is 1. The third-order valence-electron chi connectivity index (χ3n) is 4.45. The van der Waals surface area contributed by atoms with E-state index in [9.17, 15) is 23.6 Å². The van der Waals surface area contributed by atoms with Crippen LogP contribution in [0.1, 0.15) is 33.6 Å². The van der Waals surface area contributed by atoms with E-state index in [1.807, 2.05) is 0 Å². The van der Waals surface area contributed by atoms with Gasteiger partial charge in [-0.2, -0.15) is 0 Å². The first-order valence-electron chi connectivity index (χ1n) is 9.07. The molecule has 1 aliphatic heterocycles. The van der Waals surface area contributed by atoms with Gasteiger partial charge in [0.25, 0.3) is 5.91 Å². The second-order valence-electron chi connectivity index (χ2n) is 6.44. The number of anilines is 1. The first-order valence-corrected chi connectivity index (χ1v) is 9.07. The number of halogens is 1. The van der Waals surface area contributed by atoms with Gasteiger partial charge in [0.1, 0.15) is 12.4 Å². The SMILES string of the molecule is O=C(CNC(=O)c1ccc(N2CCCC2=O)cc1)OCC(=O)c1ccccc1F. The number of esters is 1. The Balaban J connectivity index is 1.46. The van der Waals surface area contributed by atoms with Crippen molar-refractivity contribution in [2.45, 2.75) is 12.8 Å². The molecule has 1 N–H and O–H groups in total. The molecule has 3 rings (SSSR count). The Hall–Kier alpha value is -3.55. The molecule has 1 heterocycles. The zero-order valence-corrected chi connectivity index (χ0v) is 15.5. The van der Waals surface area contributed by atoms with Crippen molar-refractivity contribution in [3.8, 4) is 0 Å². The van der Waals surface area contributed by atoms with Crippen molar-refractivity contribution in [3.63, 3.8) is 0 Å². The summed E-state index contributed by atoms with van der Waals surface area (Å²) in [7, 11) is 0. The Morgan fingerprint density at radius 2 is 1.79 bits per heavy atom. The van der Waals surface area contributed by atoms with E-state index in [1.165, 1.54) is 18.2 Å². The van der Waals surface area contributed by atoms with Gasteiger partial charge in [-0.3, -0.25) is 19.2 Å². The van der Waals surface area contributed by atoms with E-state index in [4.69, 9.17) is 4.74 Å². The second kappa shape index (κ2) is 9.09. The molecule has 2 amide bonds. The number of benzene rings is 2. The average molecular weight is 398 g/mol. The molecule has 7 nitrogen and oxygen atoms in total. The quantitative estimate of drug-likeness (QED) is 0.570. The van der Waals surface area contributed by atoms with E-state index < -0.39 is 36.6 Å². The van der Waals surface area contributed by atoms with Crippen LogP contribution in [0.5, 0.6) is 0 Å². The average Bonchev–Trinajstić information content (AvgIpc) is 3.16.